The minimum atomic E-state index is 0.655. The third-order valence-electron chi connectivity index (χ3n) is 3.00. The number of hydrogen-bond acceptors (Lipinski definition) is 3. The summed E-state index contributed by atoms with van der Waals surface area (Å²) in [6.07, 6.45) is 4.42. The van der Waals surface area contributed by atoms with E-state index in [1.54, 1.807) is 0 Å². The van der Waals surface area contributed by atoms with Crippen molar-refractivity contribution in [2.45, 2.75) is 45.2 Å². The van der Waals surface area contributed by atoms with Crippen molar-refractivity contribution in [3.05, 3.63) is 21.9 Å². The summed E-state index contributed by atoms with van der Waals surface area (Å²) in [5, 5.41) is 8.65. The largest absolute Gasteiger partial charge is 0.294 e. The van der Waals surface area contributed by atoms with E-state index in [1.165, 1.54) is 22.6 Å². The lowest BCUT2D eigenvalue weighted by molar-refractivity contribution is 0.263. The van der Waals surface area contributed by atoms with Gasteiger partial charge in [-0.25, -0.2) is 0 Å². The smallest absolute Gasteiger partial charge is 0.0635 e. The summed E-state index contributed by atoms with van der Waals surface area (Å²) >= 11 is 1.92. The molecule has 0 amide bonds. The van der Waals surface area contributed by atoms with Crippen LogP contribution in [0.3, 0.4) is 0 Å². The lowest BCUT2D eigenvalue weighted by Crippen LogP contribution is -2.26. The van der Waals surface area contributed by atoms with Crippen LogP contribution in [0.25, 0.3) is 0 Å². The number of nitrogens with zero attached hydrogens (tertiary/aromatic N) is 2. The van der Waals surface area contributed by atoms with Gasteiger partial charge in [-0.3, -0.25) is 4.90 Å². The molecule has 1 aromatic rings. The zero-order chi connectivity index (χ0) is 11.4. The van der Waals surface area contributed by atoms with Gasteiger partial charge in [-0.2, -0.15) is 5.26 Å². The van der Waals surface area contributed by atoms with Gasteiger partial charge in [0.25, 0.3) is 0 Å². The summed E-state index contributed by atoms with van der Waals surface area (Å²) in [6, 6.07) is 7.47. The van der Waals surface area contributed by atoms with Gasteiger partial charge in [0.05, 0.1) is 6.07 Å². The van der Waals surface area contributed by atoms with Gasteiger partial charge in [0.1, 0.15) is 0 Å². The van der Waals surface area contributed by atoms with Crippen LogP contribution >= 0.6 is 11.3 Å². The summed E-state index contributed by atoms with van der Waals surface area (Å²) < 4.78 is 0. The maximum absolute atomic E-state index is 8.65. The molecule has 0 atom stereocenters. The predicted molar refractivity (Wildman–Crippen MR) is 67.4 cm³/mol. The highest BCUT2D eigenvalue weighted by Crippen LogP contribution is 2.29. The fraction of sp³-hybridized carbons (Fsp3) is 0.615. The normalized spacial score (nSPS) is 15.3. The predicted octanol–water partition coefficient (Wildman–Crippen LogP) is 3.19. The molecule has 0 bridgehead atoms. The third-order valence-corrected chi connectivity index (χ3v) is 4.21. The van der Waals surface area contributed by atoms with E-state index < -0.39 is 0 Å². The van der Waals surface area contributed by atoms with E-state index in [4.69, 9.17) is 5.26 Å². The highest BCUT2D eigenvalue weighted by Gasteiger charge is 2.28. The average Bonchev–Trinajstić information content (AvgIpc) is 3.05. The van der Waals surface area contributed by atoms with Gasteiger partial charge in [-0.1, -0.05) is 6.92 Å². The summed E-state index contributed by atoms with van der Waals surface area (Å²) in [6.45, 7) is 4.17. The van der Waals surface area contributed by atoms with Crippen molar-refractivity contribution >= 4 is 11.3 Å². The minimum Gasteiger partial charge on any atom is -0.294 e. The zero-order valence-corrected chi connectivity index (χ0v) is 10.6. The number of hydrogen-bond donors (Lipinski definition) is 0. The van der Waals surface area contributed by atoms with Crippen LogP contribution in [-0.4, -0.2) is 17.5 Å². The average molecular weight is 234 g/mol. The fourth-order valence-corrected chi connectivity index (χ4v) is 2.91. The first-order valence-corrected chi connectivity index (χ1v) is 6.83. The zero-order valence-electron chi connectivity index (χ0n) is 9.78. The number of aryl methyl sites for hydroxylation is 1. The lowest BCUT2D eigenvalue weighted by atomic mass is 10.3. The van der Waals surface area contributed by atoms with Gasteiger partial charge in [0.15, 0.2) is 0 Å². The van der Waals surface area contributed by atoms with Crippen LogP contribution in [0, 0.1) is 11.3 Å². The molecule has 0 radical (unpaired) electrons. The van der Waals surface area contributed by atoms with Crippen LogP contribution in [0.1, 0.15) is 35.9 Å². The highest BCUT2D eigenvalue weighted by atomic mass is 32.1. The van der Waals surface area contributed by atoms with Crippen molar-refractivity contribution < 1.29 is 0 Å². The first-order valence-electron chi connectivity index (χ1n) is 6.02. The summed E-state index contributed by atoms with van der Waals surface area (Å²) in [5.74, 6) is 0. The molecule has 1 saturated carbocycles. The number of thiophene rings is 1. The molecular formula is C13H18N2S. The van der Waals surface area contributed by atoms with Gasteiger partial charge in [0, 0.05) is 35.3 Å². The minimum absolute atomic E-state index is 0.655. The summed E-state index contributed by atoms with van der Waals surface area (Å²) in [4.78, 5) is 5.38. The van der Waals surface area contributed by atoms with E-state index >= 15 is 0 Å². The molecule has 1 heterocycles. The highest BCUT2D eigenvalue weighted by molar-refractivity contribution is 7.11. The maximum atomic E-state index is 8.65. The van der Waals surface area contributed by atoms with Crippen LogP contribution in [-0.2, 0) is 13.0 Å². The van der Waals surface area contributed by atoms with E-state index in [0.717, 1.165) is 25.6 Å². The van der Waals surface area contributed by atoms with Gasteiger partial charge in [-0.05, 0) is 31.4 Å². The summed E-state index contributed by atoms with van der Waals surface area (Å²) in [5.41, 5.74) is 0. The molecule has 0 N–H and O–H groups in total. The first-order chi connectivity index (χ1) is 7.83. The molecule has 1 aliphatic carbocycles. The van der Waals surface area contributed by atoms with E-state index in [2.05, 4.69) is 30.0 Å². The van der Waals surface area contributed by atoms with E-state index in [9.17, 15) is 0 Å². The lowest BCUT2D eigenvalue weighted by Gasteiger charge is -2.19. The number of rotatable bonds is 6. The Labute approximate surface area is 102 Å². The van der Waals surface area contributed by atoms with Crippen LogP contribution in [0.5, 0.6) is 0 Å². The van der Waals surface area contributed by atoms with Crippen molar-refractivity contribution in [1.82, 2.24) is 4.90 Å². The van der Waals surface area contributed by atoms with Crippen molar-refractivity contribution in [2.75, 3.05) is 6.54 Å². The Morgan fingerprint density at radius 3 is 2.75 bits per heavy atom. The molecule has 0 aromatic carbocycles. The monoisotopic (exact) mass is 234 g/mol. The molecule has 2 rings (SSSR count). The second-order valence-corrected chi connectivity index (χ2v) is 5.58. The Morgan fingerprint density at radius 2 is 2.19 bits per heavy atom. The van der Waals surface area contributed by atoms with Gasteiger partial charge < -0.3 is 0 Å². The Kier molecular flexibility index (Phi) is 3.98. The van der Waals surface area contributed by atoms with E-state index in [1.807, 2.05) is 11.3 Å². The Balaban J connectivity index is 1.91. The summed E-state index contributed by atoms with van der Waals surface area (Å²) in [7, 11) is 0. The maximum Gasteiger partial charge on any atom is 0.0635 e. The molecule has 2 nitrogen and oxygen atoms in total. The van der Waals surface area contributed by atoms with Crippen molar-refractivity contribution in [1.29, 1.82) is 5.26 Å². The topological polar surface area (TPSA) is 27.0 Å². The van der Waals surface area contributed by atoms with E-state index in [-0.39, 0.29) is 0 Å². The molecule has 0 aliphatic heterocycles. The number of nitriles is 1. The molecule has 1 fully saturated rings. The molecule has 86 valence electrons. The molecular weight excluding hydrogens is 216 g/mol. The molecule has 3 heteroatoms. The van der Waals surface area contributed by atoms with Gasteiger partial charge >= 0.3 is 0 Å². The van der Waals surface area contributed by atoms with E-state index in [0.29, 0.717) is 6.42 Å². The molecule has 16 heavy (non-hydrogen) atoms. The van der Waals surface area contributed by atoms with Crippen molar-refractivity contribution in [3.63, 3.8) is 0 Å². The Morgan fingerprint density at radius 1 is 1.44 bits per heavy atom. The fourth-order valence-electron chi connectivity index (χ4n) is 1.92. The van der Waals surface area contributed by atoms with Crippen LogP contribution in [0.15, 0.2) is 12.1 Å². The second kappa shape index (κ2) is 5.47. The quantitative estimate of drug-likeness (QED) is 0.756. The molecule has 0 spiro atoms. The first kappa shape index (κ1) is 11.6. The van der Waals surface area contributed by atoms with Crippen LogP contribution in [0.4, 0.5) is 0 Å². The molecule has 0 unspecified atom stereocenters. The Hall–Kier alpha value is -0.850. The van der Waals surface area contributed by atoms with Gasteiger partial charge in [0.2, 0.25) is 0 Å². The third kappa shape index (κ3) is 3.07. The standard InChI is InChI=1S/C13H18N2S/c1-2-12-6-7-13(16-12)10-15(9-3-8-14)11-4-5-11/h6-7,11H,2-5,9-10H2,1H3. The second-order valence-electron chi connectivity index (χ2n) is 4.33. The van der Waals surface area contributed by atoms with Crippen LogP contribution in [0.2, 0.25) is 0 Å². The SMILES string of the molecule is CCc1ccc(CN(CCC#N)C2CC2)s1. The molecule has 1 aliphatic rings. The Bertz CT molecular complexity index is 374. The molecule has 0 saturated heterocycles. The molecule has 1 aromatic heterocycles. The van der Waals surface area contributed by atoms with Crippen molar-refractivity contribution in [3.8, 4) is 6.07 Å². The van der Waals surface area contributed by atoms with Crippen molar-refractivity contribution in [2.24, 2.45) is 0 Å². The van der Waals surface area contributed by atoms with Crippen LogP contribution < -0.4 is 0 Å². The van der Waals surface area contributed by atoms with Gasteiger partial charge in [-0.15, -0.1) is 11.3 Å².